The number of nitrogens with zero attached hydrogens (tertiary/aromatic N) is 2. The molecule has 24 heavy (non-hydrogen) atoms. The molecule has 1 fully saturated rings. The van der Waals surface area contributed by atoms with Gasteiger partial charge in [0.2, 0.25) is 0 Å². The minimum atomic E-state index is -0.190. The second kappa shape index (κ2) is 7.77. The van der Waals surface area contributed by atoms with Crippen molar-refractivity contribution in [1.29, 1.82) is 0 Å². The first-order chi connectivity index (χ1) is 11.8. The number of carbonyl (C=O) groups excluding carboxylic acids is 1. The van der Waals surface area contributed by atoms with Gasteiger partial charge < -0.3 is 4.90 Å². The lowest BCUT2D eigenvalue weighted by Gasteiger charge is -2.17. The van der Waals surface area contributed by atoms with Crippen molar-refractivity contribution in [2.45, 2.75) is 26.2 Å². The topological polar surface area (TPSA) is 44.7 Å². The number of hydrazone groups is 1. The summed E-state index contributed by atoms with van der Waals surface area (Å²) in [5, 5.41) is 4.04. The third-order valence-corrected chi connectivity index (χ3v) is 4.37. The van der Waals surface area contributed by atoms with E-state index in [0.29, 0.717) is 5.56 Å². The quantitative estimate of drug-likeness (QED) is 0.675. The molecule has 1 aliphatic heterocycles. The van der Waals surface area contributed by atoms with Gasteiger partial charge in [0.25, 0.3) is 5.91 Å². The Balaban J connectivity index is 1.56. The lowest BCUT2D eigenvalue weighted by molar-refractivity contribution is 0.0955. The molecule has 0 atom stereocenters. The number of anilines is 1. The maximum Gasteiger partial charge on any atom is 0.271 e. The predicted molar refractivity (Wildman–Crippen MR) is 98.8 cm³/mol. The molecular formula is C20H23N3O. The van der Waals surface area contributed by atoms with Crippen LogP contribution in [0, 0.1) is 0 Å². The van der Waals surface area contributed by atoms with Crippen LogP contribution in [0.2, 0.25) is 0 Å². The molecule has 2 aromatic carbocycles. The summed E-state index contributed by atoms with van der Waals surface area (Å²) in [6, 6.07) is 15.9. The zero-order chi connectivity index (χ0) is 16.8. The smallest absolute Gasteiger partial charge is 0.271 e. The first-order valence-electron chi connectivity index (χ1n) is 8.53. The fourth-order valence-electron chi connectivity index (χ4n) is 2.87. The zero-order valence-corrected chi connectivity index (χ0v) is 14.0. The monoisotopic (exact) mass is 321 g/mol. The molecule has 0 spiro atoms. The number of aryl methyl sites for hydroxylation is 1. The average Bonchev–Trinajstić information content (AvgIpc) is 3.17. The third kappa shape index (κ3) is 4.02. The summed E-state index contributed by atoms with van der Waals surface area (Å²) in [6.07, 6.45) is 5.17. The molecule has 0 aromatic heterocycles. The van der Waals surface area contributed by atoms with E-state index in [4.69, 9.17) is 0 Å². The van der Waals surface area contributed by atoms with Crippen molar-refractivity contribution in [2.75, 3.05) is 18.0 Å². The van der Waals surface area contributed by atoms with Crippen LogP contribution in [0.5, 0.6) is 0 Å². The summed E-state index contributed by atoms with van der Waals surface area (Å²) in [4.78, 5) is 14.5. The number of nitrogens with one attached hydrogen (secondary N) is 1. The van der Waals surface area contributed by atoms with Gasteiger partial charge in [0, 0.05) is 24.3 Å². The summed E-state index contributed by atoms with van der Waals surface area (Å²) in [6.45, 7) is 4.33. The summed E-state index contributed by atoms with van der Waals surface area (Å²) in [7, 11) is 0. The molecule has 0 radical (unpaired) electrons. The molecule has 1 N–H and O–H groups in total. The predicted octanol–water partition coefficient (Wildman–Crippen LogP) is 3.61. The number of hydrogen-bond donors (Lipinski definition) is 1. The van der Waals surface area contributed by atoms with Crippen LogP contribution < -0.4 is 10.3 Å². The van der Waals surface area contributed by atoms with E-state index >= 15 is 0 Å². The average molecular weight is 321 g/mol. The fourth-order valence-corrected chi connectivity index (χ4v) is 2.87. The third-order valence-electron chi connectivity index (χ3n) is 4.37. The molecule has 0 saturated carbocycles. The molecule has 2 aromatic rings. The minimum Gasteiger partial charge on any atom is -0.372 e. The van der Waals surface area contributed by atoms with Gasteiger partial charge in [-0.3, -0.25) is 4.79 Å². The Morgan fingerprint density at radius 3 is 2.38 bits per heavy atom. The van der Waals surface area contributed by atoms with Gasteiger partial charge in [-0.25, -0.2) is 5.43 Å². The summed E-state index contributed by atoms with van der Waals surface area (Å²) < 4.78 is 0. The molecule has 4 nitrogen and oxygen atoms in total. The van der Waals surface area contributed by atoms with E-state index in [1.165, 1.54) is 24.1 Å². The van der Waals surface area contributed by atoms with Gasteiger partial charge >= 0.3 is 0 Å². The Labute approximate surface area is 143 Å². The lowest BCUT2D eigenvalue weighted by atomic mass is 10.1. The summed E-state index contributed by atoms with van der Waals surface area (Å²) in [5.74, 6) is -0.190. The maximum absolute atomic E-state index is 12.1. The van der Waals surface area contributed by atoms with Crippen LogP contribution in [-0.4, -0.2) is 25.2 Å². The highest BCUT2D eigenvalue weighted by molar-refractivity contribution is 5.95. The van der Waals surface area contributed by atoms with Crippen LogP contribution in [0.3, 0.4) is 0 Å². The highest BCUT2D eigenvalue weighted by Gasteiger charge is 2.12. The minimum absolute atomic E-state index is 0.190. The van der Waals surface area contributed by atoms with Crippen LogP contribution in [-0.2, 0) is 6.42 Å². The zero-order valence-electron chi connectivity index (χ0n) is 14.0. The molecule has 1 saturated heterocycles. The molecule has 0 bridgehead atoms. The Morgan fingerprint density at radius 2 is 1.75 bits per heavy atom. The molecule has 1 amide bonds. The van der Waals surface area contributed by atoms with Crippen LogP contribution in [0.25, 0.3) is 0 Å². The highest BCUT2D eigenvalue weighted by atomic mass is 16.2. The van der Waals surface area contributed by atoms with Crippen molar-refractivity contribution in [3.05, 3.63) is 65.2 Å². The van der Waals surface area contributed by atoms with Gasteiger partial charge in [0.1, 0.15) is 0 Å². The van der Waals surface area contributed by atoms with Crippen molar-refractivity contribution < 1.29 is 4.79 Å². The van der Waals surface area contributed by atoms with E-state index in [9.17, 15) is 4.79 Å². The summed E-state index contributed by atoms with van der Waals surface area (Å²) >= 11 is 0. The van der Waals surface area contributed by atoms with Crippen molar-refractivity contribution >= 4 is 17.8 Å². The second-order valence-corrected chi connectivity index (χ2v) is 6.04. The first kappa shape index (κ1) is 16.2. The van der Waals surface area contributed by atoms with Crippen LogP contribution in [0.1, 0.15) is 41.3 Å². The number of carbonyl (C=O) groups is 1. The highest BCUT2D eigenvalue weighted by Crippen LogP contribution is 2.20. The first-order valence-corrected chi connectivity index (χ1v) is 8.53. The number of rotatable bonds is 5. The molecule has 0 aliphatic carbocycles. The van der Waals surface area contributed by atoms with Gasteiger partial charge in [-0.05, 0) is 54.7 Å². The molecular weight excluding hydrogens is 298 g/mol. The number of benzene rings is 2. The maximum atomic E-state index is 12.1. The lowest BCUT2D eigenvalue weighted by Crippen LogP contribution is -2.19. The van der Waals surface area contributed by atoms with E-state index in [1.54, 1.807) is 6.21 Å². The Kier molecular flexibility index (Phi) is 5.26. The molecule has 1 aliphatic rings. The normalized spacial score (nSPS) is 14.3. The summed E-state index contributed by atoms with van der Waals surface area (Å²) in [5.41, 5.74) is 6.64. The Hall–Kier alpha value is -2.62. The van der Waals surface area contributed by atoms with Gasteiger partial charge in [0.15, 0.2) is 0 Å². The van der Waals surface area contributed by atoms with E-state index < -0.39 is 0 Å². The van der Waals surface area contributed by atoms with Gasteiger partial charge in [-0.2, -0.15) is 5.10 Å². The second-order valence-electron chi connectivity index (χ2n) is 6.04. The number of hydrogen-bond acceptors (Lipinski definition) is 3. The van der Waals surface area contributed by atoms with Crippen LogP contribution >= 0.6 is 0 Å². The van der Waals surface area contributed by atoms with Crippen molar-refractivity contribution in [3.63, 3.8) is 0 Å². The Morgan fingerprint density at radius 1 is 1.08 bits per heavy atom. The van der Waals surface area contributed by atoms with Gasteiger partial charge in [-0.15, -0.1) is 0 Å². The molecule has 0 unspecified atom stereocenters. The van der Waals surface area contributed by atoms with Crippen LogP contribution in [0.4, 0.5) is 5.69 Å². The van der Waals surface area contributed by atoms with E-state index in [1.807, 2.05) is 36.4 Å². The number of amides is 1. The van der Waals surface area contributed by atoms with Crippen molar-refractivity contribution in [3.8, 4) is 0 Å². The van der Waals surface area contributed by atoms with Crippen molar-refractivity contribution in [1.82, 2.24) is 5.43 Å². The molecule has 3 rings (SSSR count). The van der Waals surface area contributed by atoms with E-state index in [2.05, 4.69) is 34.5 Å². The fraction of sp³-hybridized carbons (Fsp3) is 0.300. The van der Waals surface area contributed by atoms with Crippen molar-refractivity contribution in [2.24, 2.45) is 5.10 Å². The van der Waals surface area contributed by atoms with E-state index in [0.717, 1.165) is 25.1 Å². The molecule has 124 valence electrons. The van der Waals surface area contributed by atoms with Crippen LogP contribution in [0.15, 0.2) is 53.6 Å². The molecule has 1 heterocycles. The van der Waals surface area contributed by atoms with Gasteiger partial charge in [0.05, 0.1) is 6.21 Å². The standard InChI is InChI=1S/C20H23N3O/c1-2-16-5-7-17(8-6-16)15-21-22-20(24)18-9-11-19(12-10-18)23-13-3-4-14-23/h5-12,15H,2-4,13-14H2,1H3,(H,22,24)/b21-15-. The Bertz CT molecular complexity index is 699. The molecule has 4 heteroatoms. The largest absolute Gasteiger partial charge is 0.372 e. The van der Waals surface area contributed by atoms with E-state index in [-0.39, 0.29) is 5.91 Å². The SMILES string of the molecule is CCc1ccc(/C=N\NC(=O)c2ccc(N3CCCC3)cc2)cc1. The van der Waals surface area contributed by atoms with Gasteiger partial charge in [-0.1, -0.05) is 31.2 Å².